The summed E-state index contributed by atoms with van der Waals surface area (Å²) in [6, 6.07) is 67.5. The highest BCUT2D eigenvalue weighted by atomic mass is 16.3. The first-order valence-electron chi connectivity index (χ1n) is 18.8. The molecule has 56 heavy (non-hydrogen) atoms. The summed E-state index contributed by atoms with van der Waals surface area (Å²) in [7, 11) is 0. The monoisotopic (exact) mass is 716 g/mol. The van der Waals surface area contributed by atoms with E-state index in [1.807, 2.05) is 60.7 Å². The van der Waals surface area contributed by atoms with Gasteiger partial charge in [-0.3, -0.25) is 0 Å². The van der Waals surface area contributed by atoms with Crippen LogP contribution in [0.25, 0.3) is 106 Å². The van der Waals surface area contributed by atoms with Gasteiger partial charge in [0.25, 0.3) is 0 Å². The van der Waals surface area contributed by atoms with E-state index in [4.69, 9.17) is 19.4 Å². The molecule has 0 bridgehead atoms. The van der Waals surface area contributed by atoms with Crippen LogP contribution in [0.5, 0.6) is 0 Å². The molecule has 5 nitrogen and oxygen atoms in total. The minimum Gasteiger partial charge on any atom is -0.456 e. The first-order chi connectivity index (χ1) is 27.7. The van der Waals surface area contributed by atoms with Crippen LogP contribution in [-0.2, 0) is 0 Å². The van der Waals surface area contributed by atoms with Gasteiger partial charge >= 0.3 is 0 Å². The van der Waals surface area contributed by atoms with Gasteiger partial charge in [-0.2, -0.15) is 0 Å². The Kier molecular flexibility index (Phi) is 7.42. The van der Waals surface area contributed by atoms with E-state index in [1.54, 1.807) is 0 Å². The fourth-order valence-corrected chi connectivity index (χ4v) is 7.97. The minimum absolute atomic E-state index is 0.590. The lowest BCUT2D eigenvalue weighted by Crippen LogP contribution is -2.00. The molecule has 11 aromatic rings. The molecule has 0 radical (unpaired) electrons. The molecule has 5 heteroatoms. The molecule has 0 saturated carbocycles. The van der Waals surface area contributed by atoms with E-state index >= 15 is 0 Å². The summed E-state index contributed by atoms with van der Waals surface area (Å²) in [4.78, 5) is 14.8. The summed E-state index contributed by atoms with van der Waals surface area (Å²) in [5, 5.41) is 4.46. The third-order valence-electron chi connectivity index (χ3n) is 10.6. The van der Waals surface area contributed by atoms with E-state index < -0.39 is 0 Å². The Balaban J connectivity index is 1.11. The predicted octanol–water partition coefficient (Wildman–Crippen LogP) is 13.2. The third-order valence-corrected chi connectivity index (χ3v) is 10.6. The molecule has 0 spiro atoms. The molecular weight excluding hydrogens is 685 g/mol. The lowest BCUT2D eigenvalue weighted by atomic mass is 9.98. The maximum atomic E-state index is 6.70. The second kappa shape index (κ2) is 13.0. The number of fused-ring (bicyclic) bond motifs is 7. The van der Waals surface area contributed by atoms with Gasteiger partial charge in [-0.25, -0.2) is 15.0 Å². The van der Waals surface area contributed by atoms with Crippen molar-refractivity contribution in [1.29, 1.82) is 0 Å². The van der Waals surface area contributed by atoms with E-state index in [-0.39, 0.29) is 0 Å². The molecule has 11 rings (SSSR count). The molecule has 0 atom stereocenters. The molecule has 262 valence electrons. The molecule has 0 aliphatic carbocycles. The highest BCUT2D eigenvalue weighted by Gasteiger charge is 2.21. The second-order valence-electron chi connectivity index (χ2n) is 14.0. The summed E-state index contributed by atoms with van der Waals surface area (Å²) in [5.41, 5.74) is 12.4. The van der Waals surface area contributed by atoms with Crippen LogP contribution in [0.15, 0.2) is 199 Å². The van der Waals surface area contributed by atoms with Crippen molar-refractivity contribution in [3.63, 3.8) is 0 Å². The Hall–Kier alpha value is -7.63. The standard InChI is InChI=1S/C51H32N4O/c1-5-14-33(15-6-1)36-20-13-21-37(30-36)38-24-26-41-42-28-29-45-47(48(42)55(44(41)31-38)40-22-11-4-12-23-40)43-27-25-39(32-46(43)56-45)51-53-49(34-16-7-2-8-17-34)52-50(54-51)35-18-9-3-10-19-35/h1-32H. The van der Waals surface area contributed by atoms with Crippen molar-refractivity contribution < 1.29 is 4.42 Å². The first kappa shape index (κ1) is 31.9. The van der Waals surface area contributed by atoms with Gasteiger partial charge in [-0.15, -0.1) is 0 Å². The summed E-state index contributed by atoms with van der Waals surface area (Å²) in [6.45, 7) is 0. The Morgan fingerprint density at radius 1 is 0.339 bits per heavy atom. The van der Waals surface area contributed by atoms with E-state index in [1.165, 1.54) is 27.5 Å². The normalized spacial score (nSPS) is 11.6. The Morgan fingerprint density at radius 3 is 1.50 bits per heavy atom. The quantitative estimate of drug-likeness (QED) is 0.172. The van der Waals surface area contributed by atoms with Gasteiger partial charge in [0.1, 0.15) is 11.2 Å². The zero-order chi connectivity index (χ0) is 37.0. The van der Waals surface area contributed by atoms with Crippen molar-refractivity contribution in [2.24, 2.45) is 0 Å². The summed E-state index contributed by atoms with van der Waals surface area (Å²) in [5.74, 6) is 1.84. The highest BCUT2D eigenvalue weighted by Crippen LogP contribution is 2.43. The fraction of sp³-hybridized carbons (Fsp3) is 0. The van der Waals surface area contributed by atoms with Gasteiger partial charge in [-0.1, -0.05) is 146 Å². The number of benzene rings is 8. The number of hydrogen-bond acceptors (Lipinski definition) is 4. The van der Waals surface area contributed by atoms with Crippen molar-refractivity contribution in [3.8, 4) is 62.1 Å². The van der Waals surface area contributed by atoms with Crippen LogP contribution in [0.3, 0.4) is 0 Å². The molecule has 0 saturated heterocycles. The Morgan fingerprint density at radius 2 is 0.839 bits per heavy atom. The number of para-hydroxylation sites is 1. The van der Waals surface area contributed by atoms with E-state index in [9.17, 15) is 0 Å². The number of aromatic nitrogens is 4. The number of nitrogens with zero attached hydrogens (tertiary/aromatic N) is 4. The van der Waals surface area contributed by atoms with Crippen LogP contribution in [0.2, 0.25) is 0 Å². The molecule has 0 aliphatic heterocycles. The van der Waals surface area contributed by atoms with Crippen molar-refractivity contribution in [1.82, 2.24) is 19.5 Å². The van der Waals surface area contributed by atoms with Crippen LogP contribution in [0.4, 0.5) is 0 Å². The molecule has 3 aromatic heterocycles. The van der Waals surface area contributed by atoms with Crippen LogP contribution in [0.1, 0.15) is 0 Å². The maximum Gasteiger partial charge on any atom is 0.164 e. The molecule has 0 aliphatic rings. The molecule has 0 fully saturated rings. The van der Waals surface area contributed by atoms with Gasteiger partial charge in [0.05, 0.1) is 16.4 Å². The summed E-state index contributed by atoms with van der Waals surface area (Å²) in [6.07, 6.45) is 0. The van der Waals surface area contributed by atoms with Gasteiger partial charge in [-0.05, 0) is 70.8 Å². The van der Waals surface area contributed by atoms with Crippen LogP contribution in [-0.4, -0.2) is 19.5 Å². The van der Waals surface area contributed by atoms with Crippen LogP contribution in [0, 0.1) is 0 Å². The minimum atomic E-state index is 0.590. The van der Waals surface area contributed by atoms with Gasteiger partial charge in [0.15, 0.2) is 17.5 Å². The maximum absolute atomic E-state index is 6.70. The molecule has 3 heterocycles. The molecule has 0 unspecified atom stereocenters. The Bertz CT molecular complexity index is 3170. The molecular formula is C51H32N4O. The highest BCUT2D eigenvalue weighted by molar-refractivity contribution is 6.25. The summed E-state index contributed by atoms with van der Waals surface area (Å²) >= 11 is 0. The first-order valence-corrected chi connectivity index (χ1v) is 18.8. The number of rotatable bonds is 6. The van der Waals surface area contributed by atoms with E-state index in [2.05, 4.69) is 138 Å². The van der Waals surface area contributed by atoms with E-state index in [0.29, 0.717) is 17.5 Å². The lowest BCUT2D eigenvalue weighted by molar-refractivity contribution is 0.669. The molecule has 8 aromatic carbocycles. The predicted molar refractivity (Wildman–Crippen MR) is 229 cm³/mol. The van der Waals surface area contributed by atoms with E-state index in [0.717, 1.165) is 60.9 Å². The van der Waals surface area contributed by atoms with Gasteiger partial charge in [0, 0.05) is 38.5 Å². The Labute approximate surface area is 322 Å². The van der Waals surface area contributed by atoms with Crippen LogP contribution >= 0.6 is 0 Å². The SMILES string of the molecule is c1ccc(-c2cccc(-c3ccc4c5ccc6oc7cc(-c8nc(-c9ccccc9)nc(-c9ccccc9)n8)ccc7c6c5n(-c5ccccc5)c4c3)c2)cc1. The summed E-state index contributed by atoms with van der Waals surface area (Å²) < 4.78 is 9.10. The average molecular weight is 717 g/mol. The largest absolute Gasteiger partial charge is 0.456 e. The molecule has 0 amide bonds. The third kappa shape index (κ3) is 5.37. The molecule has 0 N–H and O–H groups in total. The second-order valence-corrected chi connectivity index (χ2v) is 14.0. The van der Waals surface area contributed by atoms with Crippen molar-refractivity contribution in [2.45, 2.75) is 0 Å². The topological polar surface area (TPSA) is 56.7 Å². The van der Waals surface area contributed by atoms with Crippen molar-refractivity contribution >= 4 is 43.7 Å². The van der Waals surface area contributed by atoms with Gasteiger partial charge in [0.2, 0.25) is 0 Å². The van der Waals surface area contributed by atoms with Crippen molar-refractivity contribution in [2.75, 3.05) is 0 Å². The number of hydrogen-bond donors (Lipinski definition) is 0. The average Bonchev–Trinajstić information content (AvgIpc) is 3.82. The number of furan rings is 1. The smallest absolute Gasteiger partial charge is 0.164 e. The zero-order valence-electron chi connectivity index (χ0n) is 30.2. The van der Waals surface area contributed by atoms with Crippen molar-refractivity contribution in [3.05, 3.63) is 194 Å². The lowest BCUT2D eigenvalue weighted by Gasteiger charge is -2.10. The van der Waals surface area contributed by atoms with Gasteiger partial charge < -0.3 is 8.98 Å². The van der Waals surface area contributed by atoms with Crippen LogP contribution < -0.4 is 0 Å². The fourth-order valence-electron chi connectivity index (χ4n) is 7.97. The zero-order valence-corrected chi connectivity index (χ0v) is 30.2.